The number of carbonyl (C=O) groups is 2. The van der Waals surface area contributed by atoms with Crippen LogP contribution in [-0.4, -0.2) is 34.1 Å². The van der Waals surface area contributed by atoms with E-state index in [2.05, 4.69) is 87.6 Å². The number of rotatable bonds is 8. The molecule has 0 amide bonds. The van der Waals surface area contributed by atoms with Crippen molar-refractivity contribution < 1.29 is 14.0 Å². The molecule has 3 saturated carbocycles. The molecule has 0 aromatic carbocycles. The average molecular weight is 557 g/mol. The van der Waals surface area contributed by atoms with Gasteiger partial charge in [0.1, 0.15) is 11.6 Å². The molecule has 6 atom stereocenters. The zero-order chi connectivity index (χ0) is 28.5. The van der Waals surface area contributed by atoms with Crippen molar-refractivity contribution in [3.8, 4) is 0 Å². The Morgan fingerprint density at radius 1 is 1.00 bits per heavy atom. The van der Waals surface area contributed by atoms with Gasteiger partial charge in [0, 0.05) is 29.2 Å². The van der Waals surface area contributed by atoms with Crippen molar-refractivity contribution >= 4 is 28.0 Å². The lowest BCUT2D eigenvalue weighted by Gasteiger charge is -2.61. The Kier molecular flexibility index (Phi) is 7.89. The van der Waals surface area contributed by atoms with Gasteiger partial charge < -0.3 is 4.43 Å². The van der Waals surface area contributed by atoms with Gasteiger partial charge in [0.05, 0.1) is 14.2 Å². The summed E-state index contributed by atoms with van der Waals surface area (Å²) in [5.41, 5.74) is 2.43. The van der Waals surface area contributed by atoms with E-state index in [4.69, 9.17) is 4.43 Å². The first-order valence-corrected chi connectivity index (χ1v) is 21.3. The molecule has 38 heavy (non-hydrogen) atoms. The van der Waals surface area contributed by atoms with Crippen molar-refractivity contribution in [2.24, 2.45) is 28.6 Å². The Hall–Kier alpha value is -0.786. The van der Waals surface area contributed by atoms with Gasteiger partial charge in [0.2, 0.25) is 0 Å². The van der Waals surface area contributed by atoms with E-state index in [0.717, 1.165) is 43.8 Å². The Labute approximate surface area is 235 Å². The van der Waals surface area contributed by atoms with Gasteiger partial charge in [-0.1, -0.05) is 98.7 Å². The summed E-state index contributed by atoms with van der Waals surface area (Å²) in [6.45, 7) is 26.2. The number of Topliss-reactive ketones (excluding diaryl/α,β-unsaturated/α-hetero) is 2. The summed E-state index contributed by atoms with van der Waals surface area (Å²) in [5.74, 6) is 2.13. The van der Waals surface area contributed by atoms with Crippen molar-refractivity contribution in [2.45, 2.75) is 142 Å². The molecule has 0 spiro atoms. The van der Waals surface area contributed by atoms with Crippen molar-refractivity contribution in [2.75, 3.05) is 0 Å². The van der Waals surface area contributed by atoms with Gasteiger partial charge in [-0.05, 0) is 60.2 Å². The third-order valence-electron chi connectivity index (χ3n) is 13.5. The molecule has 0 aromatic heterocycles. The predicted octanol–water partition coefficient (Wildman–Crippen LogP) is 9.13. The molecule has 0 N–H and O–H groups in total. The fourth-order valence-electron chi connectivity index (χ4n) is 9.08. The normalized spacial score (nSPS) is 36.0. The predicted molar refractivity (Wildman–Crippen MR) is 165 cm³/mol. The number of ketones is 2. The van der Waals surface area contributed by atoms with Gasteiger partial charge in [-0.15, -0.1) is 0 Å². The zero-order valence-corrected chi connectivity index (χ0v) is 28.4. The minimum atomic E-state index is -2.14. The second-order valence-electron chi connectivity index (χ2n) is 15.2. The molecule has 4 rings (SSSR count). The van der Waals surface area contributed by atoms with E-state index < -0.39 is 16.4 Å². The van der Waals surface area contributed by atoms with E-state index in [9.17, 15) is 9.59 Å². The summed E-state index contributed by atoms with van der Waals surface area (Å²) in [4.78, 5) is 27.4. The number of carbonyl (C=O) groups excluding carboxylic acids is 2. The maximum atomic E-state index is 14.4. The molecule has 0 saturated heterocycles. The molecule has 4 aliphatic carbocycles. The molecule has 0 radical (unpaired) electrons. The number of fused-ring (bicyclic) bond motifs is 5. The quantitative estimate of drug-likeness (QED) is 0.280. The van der Waals surface area contributed by atoms with E-state index >= 15 is 0 Å². The fourth-order valence-corrected chi connectivity index (χ4v) is 16.5. The van der Waals surface area contributed by atoms with Crippen LogP contribution >= 0.6 is 0 Å². The Bertz CT molecular complexity index is 1020. The summed E-state index contributed by atoms with van der Waals surface area (Å²) in [5, 5.41) is 0.109. The molecule has 3 fully saturated rings. The van der Waals surface area contributed by atoms with Gasteiger partial charge in [-0.25, -0.2) is 0 Å². The van der Waals surface area contributed by atoms with Gasteiger partial charge in [0.15, 0.2) is 8.32 Å². The highest BCUT2D eigenvalue weighted by Crippen LogP contribution is 2.66. The highest BCUT2D eigenvalue weighted by molar-refractivity contribution is 6.85. The Balaban J connectivity index is 1.90. The summed E-state index contributed by atoms with van der Waals surface area (Å²) >= 11 is 0. The lowest BCUT2D eigenvalue weighted by atomic mass is 9.50. The van der Waals surface area contributed by atoms with Crippen LogP contribution in [-0.2, 0) is 14.0 Å². The van der Waals surface area contributed by atoms with Crippen LogP contribution in [0.5, 0.6) is 0 Å². The van der Waals surface area contributed by atoms with Crippen LogP contribution in [0, 0.1) is 28.6 Å². The summed E-state index contributed by atoms with van der Waals surface area (Å²) in [6, 6.07) is 3.31. The van der Waals surface area contributed by atoms with Crippen molar-refractivity contribution in [3.63, 3.8) is 0 Å². The van der Waals surface area contributed by atoms with E-state index in [1.807, 2.05) is 0 Å². The highest BCUT2D eigenvalue weighted by Gasteiger charge is 2.65. The zero-order valence-electron chi connectivity index (χ0n) is 26.4. The van der Waals surface area contributed by atoms with Crippen LogP contribution in [0.3, 0.4) is 0 Å². The number of hydrogen-bond donors (Lipinski definition) is 0. The molecule has 2 unspecified atom stereocenters. The van der Waals surface area contributed by atoms with Crippen LogP contribution in [0.15, 0.2) is 23.3 Å². The molecule has 0 bridgehead atoms. The molecule has 214 valence electrons. The summed E-state index contributed by atoms with van der Waals surface area (Å²) in [6.07, 6.45) is 8.89. The highest BCUT2D eigenvalue weighted by atomic mass is 28.4. The lowest BCUT2D eigenvalue weighted by Crippen LogP contribution is -2.64. The van der Waals surface area contributed by atoms with Crippen LogP contribution in [0.4, 0.5) is 0 Å². The Morgan fingerprint density at radius 3 is 2.16 bits per heavy atom. The van der Waals surface area contributed by atoms with Gasteiger partial charge in [-0.3, -0.25) is 9.59 Å². The first kappa shape index (κ1) is 30.2. The van der Waals surface area contributed by atoms with Gasteiger partial charge >= 0.3 is 0 Å². The van der Waals surface area contributed by atoms with E-state index in [1.54, 1.807) is 0 Å². The van der Waals surface area contributed by atoms with E-state index in [1.165, 1.54) is 11.1 Å². The molecule has 0 heterocycles. The number of allylic oxidation sites excluding steroid dienone is 3. The maximum absolute atomic E-state index is 14.4. The Morgan fingerprint density at radius 2 is 1.61 bits per heavy atom. The maximum Gasteiger partial charge on any atom is 0.192 e. The lowest BCUT2D eigenvalue weighted by molar-refractivity contribution is -0.128. The minimum Gasteiger partial charge on any atom is -0.413 e. The topological polar surface area (TPSA) is 43.4 Å². The van der Waals surface area contributed by atoms with Crippen LogP contribution in [0.1, 0.15) is 94.4 Å². The first-order chi connectivity index (χ1) is 17.6. The first-order valence-electron chi connectivity index (χ1n) is 15.7. The van der Waals surface area contributed by atoms with Crippen LogP contribution < -0.4 is 0 Å². The molecular formula is C33H56O3Si2. The fraction of sp³-hybridized carbons (Fsp3) is 0.818. The largest absolute Gasteiger partial charge is 0.413 e. The van der Waals surface area contributed by atoms with Crippen molar-refractivity contribution in [1.29, 1.82) is 0 Å². The number of hydrogen-bond acceptors (Lipinski definition) is 3. The average Bonchev–Trinajstić information content (AvgIpc) is 3.17. The molecular weight excluding hydrogens is 501 g/mol. The van der Waals surface area contributed by atoms with Gasteiger partial charge in [-0.2, -0.15) is 0 Å². The third-order valence-corrected chi connectivity index (χ3v) is 24.2. The standard InChI is InChI=1S/C33H56O3Si2/c1-12-38(13-2,14-3)36-30-29(37(10,11)31(6,7)22(4)5)27(34)21-23-15-16-24-25-17-18-28(35)32(25,8)20-19-26(24)33(23,30)9/h15-16,22,25-26,29-30H,12-14,17-21H2,1-11H3/t25-,26-,29?,30?,32-,33-/m0/s1. The molecule has 0 aromatic rings. The smallest absolute Gasteiger partial charge is 0.192 e. The summed E-state index contributed by atoms with van der Waals surface area (Å²) < 4.78 is 7.67. The molecule has 5 heteroatoms. The minimum absolute atomic E-state index is 0.00329. The molecule has 0 aliphatic heterocycles. The molecule has 4 aliphatic rings. The van der Waals surface area contributed by atoms with Gasteiger partial charge in [0.25, 0.3) is 0 Å². The monoisotopic (exact) mass is 556 g/mol. The second-order valence-corrected chi connectivity index (χ2v) is 25.2. The van der Waals surface area contributed by atoms with Crippen molar-refractivity contribution in [3.05, 3.63) is 23.3 Å². The SMILES string of the molecule is CC[Si](CC)(CC)OC1C([Si](C)(C)C(C)(C)C(C)C)C(=O)CC2=CC=C3[C@@H]4CCC(=O)[C@@]4(C)CC[C@@H]3[C@]21C. The van der Waals surface area contributed by atoms with E-state index in [0.29, 0.717) is 35.7 Å². The third kappa shape index (κ3) is 4.10. The van der Waals surface area contributed by atoms with Crippen LogP contribution in [0.25, 0.3) is 0 Å². The summed E-state index contributed by atoms with van der Waals surface area (Å²) in [7, 11) is -4.15. The molecule has 3 nitrogen and oxygen atoms in total. The van der Waals surface area contributed by atoms with Crippen molar-refractivity contribution in [1.82, 2.24) is 0 Å². The van der Waals surface area contributed by atoms with E-state index in [-0.39, 0.29) is 27.5 Å². The van der Waals surface area contributed by atoms with Crippen LogP contribution in [0.2, 0.25) is 41.8 Å². The second kappa shape index (κ2) is 9.94.